The Morgan fingerprint density at radius 2 is 1.36 bits per heavy atom. The molecule has 1 atom stereocenters. The van der Waals surface area contributed by atoms with Crippen LogP contribution in [0.3, 0.4) is 0 Å². The topological polar surface area (TPSA) is 116 Å². The molecule has 8 nitrogen and oxygen atoms in total. The zero-order chi connectivity index (χ0) is 19.1. The number of carbonyl (C=O) groups excluding carboxylic acids is 4. The number of hydrogen-bond acceptors (Lipinski definition) is 4. The predicted molar refractivity (Wildman–Crippen MR) is 96.1 cm³/mol. The third-order valence-electron chi connectivity index (χ3n) is 3.23. The molecule has 0 rings (SSSR count). The lowest BCUT2D eigenvalue weighted by Crippen LogP contribution is -2.49. The summed E-state index contributed by atoms with van der Waals surface area (Å²) in [6.07, 6.45) is 2.48. The highest BCUT2D eigenvalue weighted by Gasteiger charge is 2.20. The third-order valence-corrected chi connectivity index (χ3v) is 3.47. The molecule has 9 heteroatoms. The SMILES string of the molecule is CCCC(=O)NCCC(NC(=O)CCC)C(=O)NCCNC(=O)CCl. The van der Waals surface area contributed by atoms with E-state index in [-0.39, 0.29) is 42.6 Å². The van der Waals surface area contributed by atoms with Crippen molar-refractivity contribution < 1.29 is 19.2 Å². The molecule has 0 aliphatic heterocycles. The van der Waals surface area contributed by atoms with E-state index in [1.165, 1.54) is 0 Å². The number of rotatable bonds is 13. The van der Waals surface area contributed by atoms with Crippen molar-refractivity contribution in [1.82, 2.24) is 21.3 Å². The van der Waals surface area contributed by atoms with Gasteiger partial charge in [-0.1, -0.05) is 13.8 Å². The van der Waals surface area contributed by atoms with Crippen molar-refractivity contribution in [2.24, 2.45) is 0 Å². The van der Waals surface area contributed by atoms with Crippen LogP contribution in [0.15, 0.2) is 0 Å². The first kappa shape index (κ1) is 23.2. The van der Waals surface area contributed by atoms with Gasteiger partial charge in [-0.25, -0.2) is 0 Å². The Hall–Kier alpha value is -1.83. The van der Waals surface area contributed by atoms with E-state index in [4.69, 9.17) is 11.6 Å². The summed E-state index contributed by atoms with van der Waals surface area (Å²) in [4.78, 5) is 46.5. The van der Waals surface area contributed by atoms with E-state index in [9.17, 15) is 19.2 Å². The highest BCUT2D eigenvalue weighted by molar-refractivity contribution is 6.27. The highest BCUT2D eigenvalue weighted by atomic mass is 35.5. The summed E-state index contributed by atoms with van der Waals surface area (Å²) >= 11 is 5.35. The molecule has 0 spiro atoms. The first-order valence-electron chi connectivity index (χ1n) is 8.60. The fourth-order valence-electron chi connectivity index (χ4n) is 1.99. The zero-order valence-corrected chi connectivity index (χ0v) is 15.7. The summed E-state index contributed by atoms with van der Waals surface area (Å²) in [5.74, 6) is -1.10. The summed E-state index contributed by atoms with van der Waals surface area (Å²) < 4.78 is 0. The molecule has 25 heavy (non-hydrogen) atoms. The molecule has 0 aromatic heterocycles. The Morgan fingerprint density at radius 3 is 1.96 bits per heavy atom. The van der Waals surface area contributed by atoms with Gasteiger partial charge in [0.25, 0.3) is 0 Å². The highest BCUT2D eigenvalue weighted by Crippen LogP contribution is 1.96. The van der Waals surface area contributed by atoms with Gasteiger partial charge in [0.05, 0.1) is 0 Å². The lowest BCUT2D eigenvalue weighted by Gasteiger charge is -2.19. The van der Waals surface area contributed by atoms with Crippen molar-refractivity contribution in [1.29, 1.82) is 0 Å². The van der Waals surface area contributed by atoms with Crippen molar-refractivity contribution in [2.45, 2.75) is 52.0 Å². The van der Waals surface area contributed by atoms with Gasteiger partial charge in [0.2, 0.25) is 23.6 Å². The van der Waals surface area contributed by atoms with E-state index in [0.29, 0.717) is 32.2 Å². The summed E-state index contributed by atoms with van der Waals surface area (Å²) in [6.45, 7) is 4.55. The van der Waals surface area contributed by atoms with Gasteiger partial charge < -0.3 is 21.3 Å². The molecule has 0 saturated carbocycles. The second kappa shape index (κ2) is 14.5. The van der Waals surface area contributed by atoms with Gasteiger partial charge in [0, 0.05) is 32.5 Å². The van der Waals surface area contributed by atoms with Crippen molar-refractivity contribution in [3.8, 4) is 0 Å². The molecule has 0 fully saturated rings. The smallest absolute Gasteiger partial charge is 0.242 e. The summed E-state index contributed by atoms with van der Waals surface area (Å²) in [5, 5.41) is 10.6. The minimum absolute atomic E-state index is 0.0784. The molecular weight excluding hydrogens is 348 g/mol. The van der Waals surface area contributed by atoms with E-state index >= 15 is 0 Å². The van der Waals surface area contributed by atoms with Crippen LogP contribution in [0, 0.1) is 0 Å². The molecule has 0 aliphatic carbocycles. The van der Waals surface area contributed by atoms with Gasteiger partial charge in [-0.2, -0.15) is 0 Å². The normalized spacial score (nSPS) is 11.3. The molecule has 1 unspecified atom stereocenters. The average Bonchev–Trinajstić information content (AvgIpc) is 2.57. The Labute approximate surface area is 153 Å². The number of carbonyl (C=O) groups is 4. The standard InChI is InChI=1S/C16H29ClN4O4/c1-3-5-13(22)18-8-7-12(21-14(23)6-4-2)16(25)20-10-9-19-15(24)11-17/h12H,3-11H2,1-2H3,(H,18,22)(H,19,24)(H,20,25)(H,21,23). The maximum atomic E-state index is 12.2. The van der Waals surface area contributed by atoms with Crippen molar-refractivity contribution in [3.05, 3.63) is 0 Å². The van der Waals surface area contributed by atoms with Gasteiger partial charge >= 0.3 is 0 Å². The molecule has 4 N–H and O–H groups in total. The number of halogens is 1. The molecular formula is C16H29ClN4O4. The van der Waals surface area contributed by atoms with Crippen LogP contribution >= 0.6 is 11.6 Å². The van der Waals surface area contributed by atoms with E-state index in [2.05, 4.69) is 21.3 Å². The molecule has 4 amide bonds. The van der Waals surface area contributed by atoms with Crippen LogP contribution < -0.4 is 21.3 Å². The summed E-state index contributed by atoms with van der Waals surface area (Å²) in [5.41, 5.74) is 0. The first-order chi connectivity index (χ1) is 11.9. The molecule has 0 bridgehead atoms. The van der Waals surface area contributed by atoms with E-state index in [0.717, 1.165) is 6.42 Å². The molecule has 0 saturated heterocycles. The second-order valence-corrected chi connectivity index (χ2v) is 5.80. The number of amides is 4. The van der Waals surface area contributed by atoms with Crippen LogP contribution in [0.25, 0.3) is 0 Å². The van der Waals surface area contributed by atoms with Gasteiger partial charge in [0.1, 0.15) is 11.9 Å². The first-order valence-corrected chi connectivity index (χ1v) is 9.14. The van der Waals surface area contributed by atoms with Crippen LogP contribution in [0.2, 0.25) is 0 Å². The van der Waals surface area contributed by atoms with E-state index in [1.807, 2.05) is 13.8 Å². The molecule has 144 valence electrons. The number of hydrogen-bond donors (Lipinski definition) is 4. The Bertz CT molecular complexity index is 446. The Balaban J connectivity index is 4.39. The predicted octanol–water partition coefficient (Wildman–Crippen LogP) is 0.0489. The maximum Gasteiger partial charge on any atom is 0.242 e. The van der Waals surface area contributed by atoms with Gasteiger partial charge in [0.15, 0.2) is 0 Å². The van der Waals surface area contributed by atoms with Crippen LogP contribution in [-0.4, -0.2) is 55.2 Å². The minimum atomic E-state index is -0.732. The largest absolute Gasteiger partial charge is 0.356 e. The third kappa shape index (κ3) is 12.2. The number of nitrogens with one attached hydrogen (secondary N) is 4. The summed E-state index contributed by atoms with van der Waals surface area (Å²) in [7, 11) is 0. The monoisotopic (exact) mass is 376 g/mol. The van der Waals surface area contributed by atoms with Gasteiger partial charge in [-0.3, -0.25) is 19.2 Å². The zero-order valence-electron chi connectivity index (χ0n) is 15.0. The van der Waals surface area contributed by atoms with E-state index < -0.39 is 6.04 Å². The maximum absolute atomic E-state index is 12.2. The molecule has 0 aromatic rings. The van der Waals surface area contributed by atoms with Crippen LogP contribution in [-0.2, 0) is 19.2 Å². The Kier molecular flexibility index (Phi) is 13.4. The average molecular weight is 377 g/mol. The minimum Gasteiger partial charge on any atom is -0.356 e. The lowest BCUT2D eigenvalue weighted by atomic mass is 10.1. The van der Waals surface area contributed by atoms with E-state index in [1.54, 1.807) is 0 Å². The van der Waals surface area contributed by atoms with Crippen LogP contribution in [0.4, 0.5) is 0 Å². The molecule has 0 heterocycles. The van der Waals surface area contributed by atoms with Crippen molar-refractivity contribution >= 4 is 35.2 Å². The van der Waals surface area contributed by atoms with Crippen molar-refractivity contribution in [2.75, 3.05) is 25.5 Å². The second-order valence-electron chi connectivity index (χ2n) is 5.53. The van der Waals surface area contributed by atoms with Crippen LogP contribution in [0.5, 0.6) is 0 Å². The van der Waals surface area contributed by atoms with Crippen LogP contribution in [0.1, 0.15) is 46.0 Å². The molecule has 0 aromatic carbocycles. The molecule has 0 radical (unpaired) electrons. The molecule has 0 aliphatic rings. The number of alkyl halides is 1. The fraction of sp³-hybridized carbons (Fsp3) is 0.750. The fourth-order valence-corrected chi connectivity index (χ4v) is 2.09. The van der Waals surface area contributed by atoms with Crippen molar-refractivity contribution in [3.63, 3.8) is 0 Å². The van der Waals surface area contributed by atoms with Gasteiger partial charge in [-0.15, -0.1) is 11.6 Å². The summed E-state index contributed by atoms with van der Waals surface area (Å²) in [6, 6.07) is -0.732. The quantitative estimate of drug-likeness (QED) is 0.268. The lowest BCUT2D eigenvalue weighted by molar-refractivity contribution is -0.129. The Morgan fingerprint density at radius 1 is 0.800 bits per heavy atom. The van der Waals surface area contributed by atoms with Gasteiger partial charge in [-0.05, 0) is 19.3 Å².